The number of rotatable bonds is 4. The van der Waals surface area contributed by atoms with E-state index in [1.165, 1.54) is 16.7 Å². The molecular weight excluding hydrogens is 270 g/mol. The number of aliphatic carboxylic acids is 1. The summed E-state index contributed by atoms with van der Waals surface area (Å²) in [7, 11) is -3.54. The molecule has 0 radical (unpaired) electrons. The van der Waals surface area contributed by atoms with Crippen LogP contribution in [-0.2, 0) is 21.4 Å². The lowest BCUT2D eigenvalue weighted by molar-refractivity contribution is -0.137. The van der Waals surface area contributed by atoms with Gasteiger partial charge in [-0.05, 0) is 12.8 Å². The Morgan fingerprint density at radius 2 is 1.89 bits per heavy atom. The largest absolute Gasteiger partial charge is 0.480 e. The second-order valence-electron chi connectivity index (χ2n) is 4.59. The Morgan fingerprint density at radius 1 is 1.26 bits per heavy atom. The number of sulfonamides is 1. The van der Waals surface area contributed by atoms with Crippen molar-refractivity contribution in [2.75, 3.05) is 13.1 Å². The van der Waals surface area contributed by atoms with Crippen molar-refractivity contribution >= 4 is 16.0 Å². The summed E-state index contributed by atoms with van der Waals surface area (Å²) in [5, 5.41) is 12.4. The zero-order chi connectivity index (χ0) is 13.9. The van der Waals surface area contributed by atoms with E-state index in [1.807, 2.05) is 0 Å². The van der Waals surface area contributed by atoms with Gasteiger partial charge in [0.15, 0.2) is 0 Å². The first-order valence-electron chi connectivity index (χ1n) is 6.24. The third-order valence-corrected chi connectivity index (χ3v) is 4.96. The SMILES string of the molecule is O=C(O)Cn1cc(S(=O)(=O)N2CCCCCC2)cn1. The maximum Gasteiger partial charge on any atom is 0.325 e. The van der Waals surface area contributed by atoms with Crippen molar-refractivity contribution in [1.29, 1.82) is 0 Å². The summed E-state index contributed by atoms with van der Waals surface area (Å²) in [6.45, 7) is 0.703. The van der Waals surface area contributed by atoms with E-state index in [4.69, 9.17) is 5.11 Å². The number of hydrogen-bond acceptors (Lipinski definition) is 4. The molecule has 106 valence electrons. The van der Waals surface area contributed by atoms with Crippen molar-refractivity contribution in [1.82, 2.24) is 14.1 Å². The normalized spacial score (nSPS) is 18.1. The Hall–Kier alpha value is -1.41. The van der Waals surface area contributed by atoms with Gasteiger partial charge < -0.3 is 5.11 Å². The minimum atomic E-state index is -3.54. The van der Waals surface area contributed by atoms with E-state index in [9.17, 15) is 13.2 Å². The summed E-state index contributed by atoms with van der Waals surface area (Å²) in [5.74, 6) is -1.05. The number of hydrogen-bond donors (Lipinski definition) is 1. The van der Waals surface area contributed by atoms with Gasteiger partial charge in [0.1, 0.15) is 11.4 Å². The van der Waals surface area contributed by atoms with Gasteiger partial charge in [-0.25, -0.2) is 8.42 Å². The molecule has 8 heteroatoms. The molecule has 1 fully saturated rings. The van der Waals surface area contributed by atoms with Crippen molar-refractivity contribution in [2.24, 2.45) is 0 Å². The highest BCUT2D eigenvalue weighted by Crippen LogP contribution is 2.19. The first-order chi connectivity index (χ1) is 9.00. The zero-order valence-corrected chi connectivity index (χ0v) is 11.3. The quantitative estimate of drug-likeness (QED) is 0.872. The molecule has 2 rings (SSSR count). The minimum Gasteiger partial charge on any atom is -0.480 e. The van der Waals surface area contributed by atoms with Crippen LogP contribution in [0, 0.1) is 0 Å². The average molecular weight is 287 g/mol. The molecular formula is C11H17N3O4S. The van der Waals surface area contributed by atoms with Crippen LogP contribution in [0.4, 0.5) is 0 Å². The van der Waals surface area contributed by atoms with Crippen molar-refractivity contribution in [2.45, 2.75) is 37.1 Å². The lowest BCUT2D eigenvalue weighted by Gasteiger charge is -2.18. The van der Waals surface area contributed by atoms with Gasteiger partial charge in [0.25, 0.3) is 0 Å². The highest BCUT2D eigenvalue weighted by atomic mass is 32.2. The fourth-order valence-corrected chi connectivity index (χ4v) is 3.61. The van der Waals surface area contributed by atoms with E-state index in [-0.39, 0.29) is 11.4 Å². The number of carboxylic acid groups (broad SMARTS) is 1. The first-order valence-corrected chi connectivity index (χ1v) is 7.68. The molecule has 1 saturated heterocycles. The van der Waals surface area contributed by atoms with Gasteiger partial charge in [-0.2, -0.15) is 9.40 Å². The molecule has 1 aliphatic heterocycles. The number of carboxylic acids is 1. The van der Waals surface area contributed by atoms with Gasteiger partial charge in [-0.15, -0.1) is 0 Å². The monoisotopic (exact) mass is 287 g/mol. The fourth-order valence-electron chi connectivity index (χ4n) is 2.13. The third-order valence-electron chi connectivity index (χ3n) is 3.11. The predicted octanol–water partition coefficient (Wildman–Crippen LogP) is 0.532. The summed E-state index contributed by atoms with van der Waals surface area (Å²) < 4.78 is 27.3. The van der Waals surface area contributed by atoms with Gasteiger partial charge in [0.2, 0.25) is 10.0 Å². The standard InChI is InChI=1S/C11H17N3O4S/c15-11(16)9-13-8-10(7-12-13)19(17,18)14-5-3-1-2-4-6-14/h7-8H,1-6,9H2,(H,15,16). The molecule has 0 bridgehead atoms. The van der Waals surface area contributed by atoms with Crippen molar-refractivity contribution in [3.63, 3.8) is 0 Å². The number of nitrogens with zero attached hydrogens (tertiary/aromatic N) is 3. The molecule has 2 heterocycles. The average Bonchev–Trinajstić information content (AvgIpc) is 2.64. The van der Waals surface area contributed by atoms with Crippen LogP contribution in [-0.4, -0.2) is 46.7 Å². The Balaban J connectivity index is 2.18. The van der Waals surface area contributed by atoms with Gasteiger partial charge in [0, 0.05) is 19.3 Å². The lowest BCUT2D eigenvalue weighted by atomic mass is 10.2. The molecule has 19 heavy (non-hydrogen) atoms. The smallest absolute Gasteiger partial charge is 0.325 e. The Bertz CT molecular complexity index is 544. The predicted molar refractivity (Wildman–Crippen MR) is 67.1 cm³/mol. The topological polar surface area (TPSA) is 92.5 Å². The fraction of sp³-hybridized carbons (Fsp3) is 0.636. The van der Waals surface area contributed by atoms with Crippen molar-refractivity contribution in [3.05, 3.63) is 12.4 Å². The molecule has 0 aliphatic carbocycles. The first kappa shape index (κ1) is 14.0. The van der Waals surface area contributed by atoms with E-state index in [1.54, 1.807) is 0 Å². The van der Waals surface area contributed by atoms with E-state index < -0.39 is 16.0 Å². The summed E-state index contributed by atoms with van der Waals surface area (Å²) in [6.07, 6.45) is 6.30. The number of aromatic nitrogens is 2. The van der Waals surface area contributed by atoms with Gasteiger partial charge in [-0.3, -0.25) is 9.48 Å². The van der Waals surface area contributed by atoms with Gasteiger partial charge in [-0.1, -0.05) is 12.8 Å². The van der Waals surface area contributed by atoms with Crippen LogP contribution in [0.15, 0.2) is 17.3 Å². The molecule has 0 unspecified atom stereocenters. The molecule has 0 aromatic carbocycles. The van der Waals surface area contributed by atoms with Crippen molar-refractivity contribution in [3.8, 4) is 0 Å². The Morgan fingerprint density at radius 3 is 2.47 bits per heavy atom. The van der Waals surface area contributed by atoms with E-state index in [0.29, 0.717) is 13.1 Å². The van der Waals surface area contributed by atoms with Crippen LogP contribution in [0.1, 0.15) is 25.7 Å². The summed E-state index contributed by atoms with van der Waals surface area (Å²) >= 11 is 0. The summed E-state index contributed by atoms with van der Waals surface area (Å²) in [5.41, 5.74) is 0. The molecule has 7 nitrogen and oxygen atoms in total. The van der Waals surface area contributed by atoms with Crippen LogP contribution in [0.25, 0.3) is 0 Å². The summed E-state index contributed by atoms with van der Waals surface area (Å²) in [4.78, 5) is 10.6. The third kappa shape index (κ3) is 3.32. The highest BCUT2D eigenvalue weighted by Gasteiger charge is 2.26. The van der Waals surface area contributed by atoms with Crippen LogP contribution in [0.5, 0.6) is 0 Å². The molecule has 1 aromatic heterocycles. The molecule has 1 aliphatic rings. The van der Waals surface area contributed by atoms with Crippen LogP contribution in [0.2, 0.25) is 0 Å². The zero-order valence-electron chi connectivity index (χ0n) is 10.5. The van der Waals surface area contributed by atoms with E-state index in [2.05, 4.69) is 5.10 Å². The molecule has 0 amide bonds. The molecule has 0 spiro atoms. The van der Waals surface area contributed by atoms with E-state index in [0.717, 1.165) is 30.4 Å². The minimum absolute atomic E-state index is 0.0654. The van der Waals surface area contributed by atoms with Gasteiger partial charge in [0.05, 0.1) is 6.20 Å². The Kier molecular flexibility index (Phi) is 4.20. The Labute approximate surface area is 111 Å². The van der Waals surface area contributed by atoms with Crippen LogP contribution >= 0.6 is 0 Å². The highest BCUT2D eigenvalue weighted by molar-refractivity contribution is 7.89. The lowest BCUT2D eigenvalue weighted by Crippen LogP contribution is -2.31. The van der Waals surface area contributed by atoms with Crippen molar-refractivity contribution < 1.29 is 18.3 Å². The van der Waals surface area contributed by atoms with Crippen LogP contribution < -0.4 is 0 Å². The molecule has 1 aromatic rings. The molecule has 0 atom stereocenters. The summed E-state index contributed by atoms with van der Waals surface area (Å²) in [6, 6.07) is 0. The number of carbonyl (C=O) groups is 1. The van der Waals surface area contributed by atoms with Crippen LogP contribution in [0.3, 0.4) is 0 Å². The molecule has 0 saturated carbocycles. The molecule has 1 N–H and O–H groups in total. The second-order valence-corrected chi connectivity index (χ2v) is 6.52. The van der Waals surface area contributed by atoms with Gasteiger partial charge >= 0.3 is 5.97 Å². The second kappa shape index (κ2) is 5.70. The maximum absolute atomic E-state index is 12.4. The van der Waals surface area contributed by atoms with E-state index >= 15 is 0 Å². The maximum atomic E-state index is 12.4.